The Balaban J connectivity index is 2.17. The van der Waals surface area contributed by atoms with E-state index in [1.165, 1.54) is 0 Å². The highest BCUT2D eigenvalue weighted by Crippen LogP contribution is 2.23. The van der Waals surface area contributed by atoms with Gasteiger partial charge in [0.05, 0.1) is 13.0 Å². The smallest absolute Gasteiger partial charge is 0.237 e. The van der Waals surface area contributed by atoms with Gasteiger partial charge >= 0.3 is 0 Å². The molecule has 0 bridgehead atoms. The van der Waals surface area contributed by atoms with Gasteiger partial charge < -0.3 is 4.74 Å². The third-order valence-electron chi connectivity index (χ3n) is 2.57. The second-order valence-electron chi connectivity index (χ2n) is 3.95. The number of amides is 1. The molecule has 1 aromatic carbocycles. The van der Waals surface area contributed by atoms with Gasteiger partial charge in [-0.3, -0.25) is 10.2 Å². The first-order valence-corrected chi connectivity index (χ1v) is 5.69. The van der Waals surface area contributed by atoms with E-state index in [9.17, 15) is 4.79 Å². The number of pyridine rings is 1. The molecule has 18 heavy (non-hydrogen) atoms. The zero-order valence-electron chi connectivity index (χ0n) is 10.1. The summed E-state index contributed by atoms with van der Waals surface area (Å²) in [6, 6.07) is 9.67. The third-order valence-corrected chi connectivity index (χ3v) is 2.57. The fourth-order valence-corrected chi connectivity index (χ4v) is 1.66. The molecule has 94 valence electrons. The first-order valence-electron chi connectivity index (χ1n) is 5.69. The number of nitrogens with zero attached hydrogens (tertiary/aromatic N) is 1. The molecule has 5 heteroatoms. The van der Waals surface area contributed by atoms with E-state index in [0.717, 1.165) is 16.6 Å². The molecule has 1 heterocycles. The van der Waals surface area contributed by atoms with Gasteiger partial charge in [0.15, 0.2) is 0 Å². The molecule has 3 N–H and O–H groups in total. The molecule has 0 unspecified atom stereocenters. The maximum absolute atomic E-state index is 11.0. The molecule has 0 fully saturated rings. The van der Waals surface area contributed by atoms with Crippen molar-refractivity contribution in [2.75, 3.05) is 6.61 Å². The molecule has 0 saturated carbocycles. The molecule has 2 rings (SSSR count). The van der Waals surface area contributed by atoms with Crippen LogP contribution in [0.5, 0.6) is 5.75 Å². The van der Waals surface area contributed by atoms with Gasteiger partial charge in [0.2, 0.25) is 5.91 Å². The van der Waals surface area contributed by atoms with E-state index < -0.39 is 0 Å². The normalized spacial score (nSPS) is 10.3. The summed E-state index contributed by atoms with van der Waals surface area (Å²) < 4.78 is 5.57. The van der Waals surface area contributed by atoms with Crippen LogP contribution in [0, 0.1) is 6.92 Å². The number of aromatic nitrogens is 1. The average molecular weight is 245 g/mol. The van der Waals surface area contributed by atoms with Gasteiger partial charge in [0.25, 0.3) is 0 Å². The van der Waals surface area contributed by atoms with Crippen molar-refractivity contribution >= 4 is 16.8 Å². The number of carbonyl (C=O) groups is 1. The highest BCUT2D eigenvalue weighted by molar-refractivity contribution is 5.84. The first-order chi connectivity index (χ1) is 8.70. The maximum Gasteiger partial charge on any atom is 0.237 e. The summed E-state index contributed by atoms with van der Waals surface area (Å²) in [6.45, 7) is 2.20. The standard InChI is InChI=1S/C13H15N3O2/c1-9-5-6-10-3-2-4-11(13(10)15-9)18-8-7-12(17)16-14/h2-6H,7-8,14H2,1H3,(H,16,17). The van der Waals surface area contributed by atoms with Crippen LogP contribution in [0.15, 0.2) is 30.3 Å². The van der Waals surface area contributed by atoms with Gasteiger partial charge in [-0.2, -0.15) is 0 Å². The number of hydrogen-bond acceptors (Lipinski definition) is 4. The Morgan fingerprint density at radius 1 is 1.39 bits per heavy atom. The molecule has 0 spiro atoms. The molecule has 1 amide bonds. The van der Waals surface area contributed by atoms with Crippen LogP contribution in [0.1, 0.15) is 12.1 Å². The molecular formula is C13H15N3O2. The molecule has 0 aliphatic carbocycles. The van der Waals surface area contributed by atoms with Gasteiger partial charge in [-0.15, -0.1) is 0 Å². The SMILES string of the molecule is Cc1ccc2cccc(OCCC(=O)NN)c2n1. The quantitative estimate of drug-likeness (QED) is 0.483. The predicted molar refractivity (Wildman–Crippen MR) is 68.9 cm³/mol. The number of hydrogen-bond donors (Lipinski definition) is 2. The number of carbonyl (C=O) groups excluding carboxylic acids is 1. The van der Waals surface area contributed by atoms with Crippen molar-refractivity contribution in [3.05, 3.63) is 36.0 Å². The highest BCUT2D eigenvalue weighted by Gasteiger charge is 2.05. The minimum atomic E-state index is -0.251. The lowest BCUT2D eigenvalue weighted by molar-refractivity contribution is -0.121. The molecule has 1 aromatic heterocycles. The van der Waals surface area contributed by atoms with Crippen molar-refractivity contribution in [2.45, 2.75) is 13.3 Å². The lowest BCUT2D eigenvalue weighted by Crippen LogP contribution is -2.31. The zero-order chi connectivity index (χ0) is 13.0. The Bertz CT molecular complexity index is 569. The van der Waals surface area contributed by atoms with E-state index in [-0.39, 0.29) is 18.9 Å². The van der Waals surface area contributed by atoms with Crippen molar-refractivity contribution in [1.29, 1.82) is 0 Å². The molecule has 0 radical (unpaired) electrons. The van der Waals surface area contributed by atoms with E-state index in [4.69, 9.17) is 10.6 Å². The van der Waals surface area contributed by atoms with Crippen molar-refractivity contribution in [1.82, 2.24) is 10.4 Å². The molecule has 2 aromatic rings. The Labute approximate surface area is 105 Å². The van der Waals surface area contributed by atoms with Crippen LogP contribution < -0.4 is 16.0 Å². The molecule has 0 aliphatic heterocycles. The summed E-state index contributed by atoms with van der Waals surface area (Å²) in [6.07, 6.45) is 0.221. The number of fused-ring (bicyclic) bond motifs is 1. The lowest BCUT2D eigenvalue weighted by Gasteiger charge is -2.08. The van der Waals surface area contributed by atoms with Gasteiger partial charge in [-0.1, -0.05) is 18.2 Å². The van der Waals surface area contributed by atoms with Crippen molar-refractivity contribution in [2.24, 2.45) is 5.84 Å². The van der Waals surface area contributed by atoms with E-state index in [0.29, 0.717) is 5.75 Å². The highest BCUT2D eigenvalue weighted by atomic mass is 16.5. The number of benzene rings is 1. The fourth-order valence-electron chi connectivity index (χ4n) is 1.66. The van der Waals surface area contributed by atoms with Crippen LogP contribution in [0.2, 0.25) is 0 Å². The largest absolute Gasteiger partial charge is 0.491 e. The van der Waals surface area contributed by atoms with E-state index in [1.807, 2.05) is 37.3 Å². The van der Waals surface area contributed by atoms with E-state index in [1.54, 1.807) is 0 Å². The summed E-state index contributed by atoms with van der Waals surface area (Å²) in [7, 11) is 0. The zero-order valence-corrected chi connectivity index (χ0v) is 10.1. The van der Waals surface area contributed by atoms with Gasteiger partial charge in [-0.25, -0.2) is 10.8 Å². The average Bonchev–Trinajstić information content (AvgIpc) is 2.39. The van der Waals surface area contributed by atoms with Crippen molar-refractivity contribution in [3.8, 4) is 5.75 Å². The second-order valence-corrected chi connectivity index (χ2v) is 3.95. The summed E-state index contributed by atoms with van der Waals surface area (Å²) in [5.74, 6) is 5.43. The second kappa shape index (κ2) is 5.46. The number of aryl methyl sites for hydroxylation is 1. The van der Waals surface area contributed by atoms with Crippen molar-refractivity contribution in [3.63, 3.8) is 0 Å². The Morgan fingerprint density at radius 2 is 2.22 bits per heavy atom. The lowest BCUT2D eigenvalue weighted by atomic mass is 10.2. The maximum atomic E-state index is 11.0. The third kappa shape index (κ3) is 2.75. The molecule has 0 atom stereocenters. The number of ether oxygens (including phenoxy) is 1. The van der Waals surface area contributed by atoms with Gasteiger partial charge in [0.1, 0.15) is 11.3 Å². The topological polar surface area (TPSA) is 77.2 Å². The number of hydrazine groups is 1. The first kappa shape index (κ1) is 12.3. The predicted octanol–water partition coefficient (Wildman–Crippen LogP) is 1.30. The van der Waals surface area contributed by atoms with Crippen LogP contribution in [-0.4, -0.2) is 17.5 Å². The summed E-state index contributed by atoms with van der Waals surface area (Å²) >= 11 is 0. The van der Waals surface area contributed by atoms with Crippen LogP contribution in [0.25, 0.3) is 10.9 Å². The molecule has 0 aliphatic rings. The number of nitrogens with one attached hydrogen (secondary N) is 1. The van der Waals surface area contributed by atoms with Gasteiger partial charge in [-0.05, 0) is 19.1 Å². The van der Waals surface area contributed by atoms with E-state index in [2.05, 4.69) is 10.4 Å². The van der Waals surface area contributed by atoms with Crippen LogP contribution in [-0.2, 0) is 4.79 Å². The Morgan fingerprint density at radius 3 is 3.00 bits per heavy atom. The Kier molecular flexibility index (Phi) is 3.74. The molecule has 5 nitrogen and oxygen atoms in total. The number of para-hydroxylation sites is 1. The van der Waals surface area contributed by atoms with E-state index >= 15 is 0 Å². The monoisotopic (exact) mass is 245 g/mol. The molecular weight excluding hydrogens is 230 g/mol. The van der Waals surface area contributed by atoms with Crippen molar-refractivity contribution < 1.29 is 9.53 Å². The number of rotatable bonds is 4. The molecule has 0 saturated heterocycles. The van der Waals surface area contributed by atoms with Crippen LogP contribution in [0.4, 0.5) is 0 Å². The van der Waals surface area contributed by atoms with Crippen LogP contribution >= 0.6 is 0 Å². The minimum absolute atomic E-state index is 0.221. The number of nitrogens with two attached hydrogens (primary N) is 1. The fraction of sp³-hybridized carbons (Fsp3) is 0.231. The summed E-state index contributed by atoms with van der Waals surface area (Å²) in [5.41, 5.74) is 3.80. The minimum Gasteiger partial charge on any atom is -0.491 e. The van der Waals surface area contributed by atoms with Gasteiger partial charge in [0, 0.05) is 11.1 Å². The summed E-state index contributed by atoms with van der Waals surface area (Å²) in [4.78, 5) is 15.4. The Hall–Kier alpha value is -2.14. The van der Waals surface area contributed by atoms with Crippen LogP contribution in [0.3, 0.4) is 0 Å². The summed E-state index contributed by atoms with van der Waals surface area (Å²) in [5, 5.41) is 1.02.